The number of aliphatic carboxylic acids is 1. The molecule has 6 rings (SSSR count). The van der Waals surface area contributed by atoms with Crippen LogP contribution in [-0.4, -0.2) is 54.2 Å². The summed E-state index contributed by atoms with van der Waals surface area (Å²) in [6, 6.07) is 33.3. The Balaban J connectivity index is 1.21. The molecule has 252 valence electrons. The number of thioether (sulfide) groups is 1. The van der Waals surface area contributed by atoms with Crippen molar-refractivity contribution in [1.29, 1.82) is 0 Å². The number of ether oxygens (including phenoxy) is 2. The van der Waals surface area contributed by atoms with Crippen molar-refractivity contribution in [3.05, 3.63) is 125 Å². The number of nitrogens with zero attached hydrogens (tertiary/aromatic N) is 4. The zero-order chi connectivity index (χ0) is 34.2. The smallest absolute Gasteiger partial charge is 0.303 e. The lowest BCUT2D eigenvalue weighted by Gasteiger charge is -2.41. The molecule has 0 bridgehead atoms. The Morgan fingerprint density at radius 2 is 1.59 bits per heavy atom. The molecule has 49 heavy (non-hydrogen) atoms. The molecule has 4 atom stereocenters. The van der Waals surface area contributed by atoms with Gasteiger partial charge in [-0.25, -0.2) is 0 Å². The largest absolute Gasteiger partial charge is 0.481 e. The van der Waals surface area contributed by atoms with Gasteiger partial charge in [0, 0.05) is 30.2 Å². The number of aliphatic hydroxyl groups is 1. The number of carbonyl (C=O) groups is 2. The van der Waals surface area contributed by atoms with E-state index in [1.807, 2.05) is 103 Å². The van der Waals surface area contributed by atoms with Gasteiger partial charge in [0.15, 0.2) is 6.29 Å². The summed E-state index contributed by atoms with van der Waals surface area (Å²) in [5.74, 6) is -0.736. The van der Waals surface area contributed by atoms with Crippen molar-refractivity contribution in [3.63, 3.8) is 0 Å². The molecule has 1 aliphatic rings. The predicted molar refractivity (Wildman–Crippen MR) is 183 cm³/mol. The zero-order valence-electron chi connectivity index (χ0n) is 26.9. The topological polar surface area (TPSA) is 149 Å². The molecule has 5 aromatic rings. The summed E-state index contributed by atoms with van der Waals surface area (Å²) in [5, 5.41) is 34.3. The highest BCUT2D eigenvalue weighted by atomic mass is 32.2. The van der Waals surface area contributed by atoms with Crippen molar-refractivity contribution in [2.75, 3.05) is 5.75 Å². The standard InChI is InChI=1S/C37H37N5O6S/c1-24-32(23-49-37-39-40-41-42(37)30-8-3-2-4-9-30)47-36(48-35(24)27-13-11-25(22-43)12-14-27)28-17-15-26(16-18-28)31-10-6-5-7-29(31)21-38-33(44)19-20-34(45)46/h2-18,24,32,35-36,43H,19-23H2,1H3,(H,38,44)(H,45,46). The molecule has 11 nitrogen and oxygen atoms in total. The minimum atomic E-state index is -1.00. The van der Waals surface area contributed by atoms with Crippen LogP contribution in [0.5, 0.6) is 0 Å². The van der Waals surface area contributed by atoms with Crippen LogP contribution in [0, 0.1) is 5.92 Å². The highest BCUT2D eigenvalue weighted by molar-refractivity contribution is 7.99. The van der Waals surface area contributed by atoms with E-state index in [0.717, 1.165) is 39.1 Å². The fourth-order valence-electron chi connectivity index (χ4n) is 5.75. The summed E-state index contributed by atoms with van der Waals surface area (Å²) in [4.78, 5) is 23.0. The minimum Gasteiger partial charge on any atom is -0.481 e. The molecule has 1 amide bonds. The van der Waals surface area contributed by atoms with E-state index in [-0.39, 0.29) is 50.0 Å². The molecule has 4 unspecified atom stereocenters. The number of hydrogen-bond acceptors (Lipinski definition) is 9. The number of rotatable bonds is 13. The molecule has 0 radical (unpaired) electrons. The molecule has 0 saturated carbocycles. The number of nitrogens with one attached hydrogen (secondary N) is 1. The van der Waals surface area contributed by atoms with Crippen LogP contribution in [-0.2, 0) is 32.2 Å². The number of amides is 1. The van der Waals surface area contributed by atoms with Gasteiger partial charge in [-0.15, -0.1) is 5.10 Å². The Hall–Kier alpha value is -4.88. The normalized spacial score (nSPS) is 19.0. The number of para-hydroxylation sites is 1. The van der Waals surface area contributed by atoms with Crippen LogP contribution in [0.25, 0.3) is 16.8 Å². The quantitative estimate of drug-likeness (QED) is 0.129. The van der Waals surface area contributed by atoms with E-state index in [0.29, 0.717) is 10.9 Å². The van der Waals surface area contributed by atoms with Crippen LogP contribution in [0.1, 0.15) is 54.4 Å². The van der Waals surface area contributed by atoms with E-state index >= 15 is 0 Å². The lowest BCUT2D eigenvalue weighted by molar-refractivity contribution is -0.268. The molecular weight excluding hydrogens is 643 g/mol. The van der Waals surface area contributed by atoms with Gasteiger partial charge in [0.2, 0.25) is 11.1 Å². The van der Waals surface area contributed by atoms with Gasteiger partial charge in [-0.05, 0) is 50.4 Å². The number of aliphatic hydroxyl groups excluding tert-OH is 1. The first-order valence-electron chi connectivity index (χ1n) is 16.0. The Morgan fingerprint density at radius 1 is 0.878 bits per heavy atom. The summed E-state index contributed by atoms with van der Waals surface area (Å²) in [6.07, 6.45) is -1.40. The Morgan fingerprint density at radius 3 is 2.33 bits per heavy atom. The molecule has 0 aliphatic carbocycles. The molecule has 0 spiro atoms. The van der Waals surface area contributed by atoms with E-state index < -0.39 is 12.3 Å². The van der Waals surface area contributed by atoms with Crippen LogP contribution in [0.15, 0.2) is 108 Å². The molecule has 12 heteroatoms. The van der Waals surface area contributed by atoms with Crippen molar-refractivity contribution < 1.29 is 29.3 Å². The van der Waals surface area contributed by atoms with Crippen molar-refractivity contribution in [1.82, 2.24) is 25.5 Å². The van der Waals surface area contributed by atoms with Gasteiger partial charge < -0.3 is 25.0 Å². The molecule has 4 aromatic carbocycles. The molecule has 1 aromatic heterocycles. The third kappa shape index (κ3) is 8.41. The summed E-state index contributed by atoms with van der Waals surface area (Å²) < 4.78 is 15.0. The Labute approximate surface area is 288 Å². The second-order valence-corrected chi connectivity index (χ2v) is 12.8. The van der Waals surface area contributed by atoms with Gasteiger partial charge in [0.1, 0.15) is 0 Å². The van der Waals surface area contributed by atoms with E-state index in [4.69, 9.17) is 14.6 Å². The van der Waals surface area contributed by atoms with E-state index in [2.05, 4.69) is 27.8 Å². The monoisotopic (exact) mass is 679 g/mol. The predicted octanol–water partition coefficient (Wildman–Crippen LogP) is 5.89. The zero-order valence-corrected chi connectivity index (χ0v) is 27.7. The number of carbonyl (C=O) groups excluding carboxylic acids is 1. The third-order valence-corrected chi connectivity index (χ3v) is 9.50. The summed E-state index contributed by atoms with van der Waals surface area (Å²) >= 11 is 1.53. The number of aromatic nitrogens is 4. The molecule has 1 fully saturated rings. The van der Waals surface area contributed by atoms with Crippen molar-refractivity contribution in [3.8, 4) is 16.8 Å². The second-order valence-electron chi connectivity index (χ2n) is 11.8. The van der Waals surface area contributed by atoms with Crippen LogP contribution >= 0.6 is 11.8 Å². The Kier molecular flexibility index (Phi) is 11.1. The second kappa shape index (κ2) is 16.0. The van der Waals surface area contributed by atoms with Gasteiger partial charge >= 0.3 is 5.97 Å². The van der Waals surface area contributed by atoms with Crippen LogP contribution in [0.4, 0.5) is 0 Å². The van der Waals surface area contributed by atoms with Crippen molar-refractivity contribution in [2.45, 2.75) is 56.6 Å². The van der Waals surface area contributed by atoms with Gasteiger partial charge in [0.05, 0.1) is 30.9 Å². The molecule has 1 saturated heterocycles. The maximum absolute atomic E-state index is 12.2. The first kappa shape index (κ1) is 34.0. The van der Waals surface area contributed by atoms with Crippen molar-refractivity contribution >= 4 is 23.6 Å². The number of carboxylic acid groups (broad SMARTS) is 1. The highest BCUT2D eigenvalue weighted by Crippen LogP contribution is 2.43. The number of tetrazole rings is 1. The summed E-state index contributed by atoms with van der Waals surface area (Å²) in [7, 11) is 0. The average Bonchev–Trinajstić information content (AvgIpc) is 3.62. The maximum Gasteiger partial charge on any atom is 0.303 e. The van der Waals surface area contributed by atoms with Gasteiger partial charge in [-0.3, -0.25) is 9.59 Å². The number of benzene rings is 4. The summed E-state index contributed by atoms with van der Waals surface area (Å²) in [5.41, 5.74) is 6.39. The maximum atomic E-state index is 12.2. The first-order valence-corrected chi connectivity index (χ1v) is 17.0. The van der Waals surface area contributed by atoms with E-state index in [9.17, 15) is 14.7 Å². The SMILES string of the molecule is CC1C(CSc2nnnn2-c2ccccc2)OC(c2ccc(-c3ccccc3CNC(=O)CCC(=O)O)cc2)OC1c1ccc(CO)cc1. The lowest BCUT2D eigenvalue weighted by Crippen LogP contribution is -2.38. The number of carboxylic acids is 1. The molecule has 3 N–H and O–H groups in total. The van der Waals surface area contributed by atoms with Crippen molar-refractivity contribution in [2.24, 2.45) is 5.92 Å². The van der Waals surface area contributed by atoms with Crippen LogP contribution in [0.3, 0.4) is 0 Å². The molecule has 2 heterocycles. The van der Waals surface area contributed by atoms with E-state index in [1.54, 1.807) is 4.68 Å². The van der Waals surface area contributed by atoms with Crippen LogP contribution in [0.2, 0.25) is 0 Å². The van der Waals surface area contributed by atoms with Gasteiger partial charge in [-0.2, -0.15) is 4.68 Å². The highest BCUT2D eigenvalue weighted by Gasteiger charge is 2.38. The minimum absolute atomic E-state index is 0.0124. The van der Waals surface area contributed by atoms with Crippen LogP contribution < -0.4 is 5.32 Å². The fraction of sp³-hybridized carbons (Fsp3) is 0.270. The van der Waals surface area contributed by atoms with Gasteiger partial charge in [-0.1, -0.05) is 110 Å². The summed E-state index contributed by atoms with van der Waals surface area (Å²) in [6.45, 7) is 2.37. The third-order valence-electron chi connectivity index (χ3n) is 8.49. The molecular formula is C37H37N5O6S. The molecule has 1 aliphatic heterocycles. The number of hydrogen-bond donors (Lipinski definition) is 3. The first-order chi connectivity index (χ1) is 23.9. The Bertz CT molecular complexity index is 1850. The fourth-order valence-corrected chi connectivity index (χ4v) is 6.80. The average molecular weight is 680 g/mol. The van der Waals surface area contributed by atoms with E-state index in [1.165, 1.54) is 11.8 Å². The van der Waals surface area contributed by atoms with Gasteiger partial charge in [0.25, 0.3) is 0 Å². The lowest BCUT2D eigenvalue weighted by atomic mass is 9.91.